The van der Waals surface area contributed by atoms with Crippen molar-refractivity contribution in [3.8, 4) is 0 Å². The van der Waals surface area contributed by atoms with E-state index >= 15 is 0 Å². The standard InChI is InChI=1S/C14H15NO5/c1-15-10-7-6-9(8-12(10)20-14(15)19)11(16)4-2-3-5-13(17)18/h6-8H,2-5H2,1H3,(H,17,18). The molecule has 1 aromatic heterocycles. The third-order valence-electron chi connectivity index (χ3n) is 3.16. The number of hydrogen-bond acceptors (Lipinski definition) is 4. The van der Waals surface area contributed by atoms with Gasteiger partial charge in [0.05, 0.1) is 5.52 Å². The Balaban J connectivity index is 2.07. The summed E-state index contributed by atoms with van der Waals surface area (Å²) < 4.78 is 6.40. The highest BCUT2D eigenvalue weighted by molar-refractivity contribution is 5.98. The van der Waals surface area contributed by atoms with E-state index in [9.17, 15) is 14.4 Å². The van der Waals surface area contributed by atoms with Crippen LogP contribution in [0.25, 0.3) is 11.1 Å². The van der Waals surface area contributed by atoms with Gasteiger partial charge in [0.15, 0.2) is 11.4 Å². The normalized spacial score (nSPS) is 10.8. The summed E-state index contributed by atoms with van der Waals surface area (Å²) >= 11 is 0. The van der Waals surface area contributed by atoms with Crippen molar-refractivity contribution in [2.24, 2.45) is 7.05 Å². The van der Waals surface area contributed by atoms with E-state index in [1.54, 1.807) is 25.2 Å². The topological polar surface area (TPSA) is 89.5 Å². The van der Waals surface area contributed by atoms with E-state index in [4.69, 9.17) is 9.52 Å². The van der Waals surface area contributed by atoms with E-state index in [2.05, 4.69) is 0 Å². The molecule has 106 valence electrons. The number of aromatic nitrogens is 1. The monoisotopic (exact) mass is 277 g/mol. The van der Waals surface area contributed by atoms with Crippen LogP contribution in [0.4, 0.5) is 0 Å². The fourth-order valence-corrected chi connectivity index (χ4v) is 2.01. The summed E-state index contributed by atoms with van der Waals surface area (Å²) in [4.78, 5) is 33.7. The predicted octanol–water partition coefficient (Wildman–Crippen LogP) is 1.96. The molecule has 0 bridgehead atoms. The molecule has 0 radical (unpaired) electrons. The Morgan fingerprint density at radius 2 is 1.95 bits per heavy atom. The van der Waals surface area contributed by atoms with Crippen LogP contribution in [0.3, 0.4) is 0 Å². The number of oxazole rings is 1. The van der Waals surface area contributed by atoms with Gasteiger partial charge in [0.1, 0.15) is 0 Å². The molecule has 2 aromatic rings. The van der Waals surface area contributed by atoms with E-state index in [0.29, 0.717) is 29.5 Å². The van der Waals surface area contributed by atoms with Crippen molar-refractivity contribution < 1.29 is 19.1 Å². The van der Waals surface area contributed by atoms with Crippen LogP contribution in [0, 0.1) is 0 Å². The minimum atomic E-state index is -0.857. The van der Waals surface area contributed by atoms with Gasteiger partial charge in [0, 0.05) is 25.5 Å². The van der Waals surface area contributed by atoms with Gasteiger partial charge in [-0.1, -0.05) is 0 Å². The van der Waals surface area contributed by atoms with E-state index in [1.807, 2.05) is 0 Å². The number of hydrogen-bond donors (Lipinski definition) is 1. The number of carbonyl (C=O) groups excluding carboxylic acids is 1. The van der Waals surface area contributed by atoms with Crippen molar-refractivity contribution in [2.45, 2.75) is 25.7 Å². The Hall–Kier alpha value is -2.37. The summed E-state index contributed by atoms with van der Waals surface area (Å²) in [5.74, 6) is -1.40. The molecule has 0 aliphatic heterocycles. The smallest absolute Gasteiger partial charge is 0.419 e. The molecule has 0 aliphatic carbocycles. The summed E-state index contributed by atoms with van der Waals surface area (Å²) in [6.45, 7) is 0. The molecule has 0 saturated carbocycles. The third-order valence-corrected chi connectivity index (χ3v) is 3.16. The second-order valence-electron chi connectivity index (χ2n) is 4.63. The number of aliphatic carboxylic acids is 1. The zero-order chi connectivity index (χ0) is 14.7. The second-order valence-corrected chi connectivity index (χ2v) is 4.63. The number of benzene rings is 1. The lowest BCUT2D eigenvalue weighted by molar-refractivity contribution is -0.137. The Morgan fingerprint density at radius 1 is 1.25 bits per heavy atom. The molecule has 0 saturated heterocycles. The lowest BCUT2D eigenvalue weighted by atomic mass is 10.0. The lowest BCUT2D eigenvalue weighted by Gasteiger charge is -2.01. The number of carbonyl (C=O) groups is 2. The molecule has 1 heterocycles. The quantitative estimate of drug-likeness (QED) is 0.644. The molecular weight excluding hydrogens is 262 g/mol. The number of aryl methyl sites for hydroxylation is 1. The minimum Gasteiger partial charge on any atom is -0.481 e. The number of carboxylic acid groups (broad SMARTS) is 1. The van der Waals surface area contributed by atoms with Crippen LogP contribution in [-0.4, -0.2) is 21.4 Å². The van der Waals surface area contributed by atoms with Gasteiger partial charge in [-0.25, -0.2) is 4.79 Å². The Kier molecular flexibility index (Phi) is 4.02. The average molecular weight is 277 g/mol. The maximum Gasteiger partial charge on any atom is 0.419 e. The van der Waals surface area contributed by atoms with E-state index < -0.39 is 11.7 Å². The number of nitrogens with zero attached hydrogens (tertiary/aromatic N) is 1. The van der Waals surface area contributed by atoms with Gasteiger partial charge in [0.2, 0.25) is 0 Å². The highest BCUT2D eigenvalue weighted by atomic mass is 16.4. The highest BCUT2D eigenvalue weighted by Crippen LogP contribution is 2.16. The van der Waals surface area contributed by atoms with Gasteiger partial charge >= 0.3 is 11.7 Å². The molecule has 2 rings (SSSR count). The Labute approximate surface area is 114 Å². The van der Waals surface area contributed by atoms with Gasteiger partial charge in [-0.3, -0.25) is 14.2 Å². The summed E-state index contributed by atoms with van der Waals surface area (Å²) in [6.07, 6.45) is 1.36. The molecular formula is C14H15NO5. The zero-order valence-corrected chi connectivity index (χ0v) is 11.1. The zero-order valence-electron chi connectivity index (χ0n) is 11.1. The number of carboxylic acids is 1. The minimum absolute atomic E-state index is 0.0693. The van der Waals surface area contributed by atoms with Crippen LogP contribution in [-0.2, 0) is 11.8 Å². The van der Waals surface area contributed by atoms with Crippen LogP contribution < -0.4 is 5.76 Å². The summed E-state index contributed by atoms with van der Waals surface area (Å²) in [5.41, 5.74) is 1.49. The van der Waals surface area contributed by atoms with E-state index in [-0.39, 0.29) is 18.6 Å². The molecule has 0 unspecified atom stereocenters. The molecule has 20 heavy (non-hydrogen) atoms. The molecule has 6 nitrogen and oxygen atoms in total. The van der Waals surface area contributed by atoms with Gasteiger partial charge in [-0.15, -0.1) is 0 Å². The fraction of sp³-hybridized carbons (Fsp3) is 0.357. The number of ketones is 1. The first-order valence-electron chi connectivity index (χ1n) is 6.33. The molecule has 6 heteroatoms. The van der Waals surface area contributed by atoms with Crippen molar-refractivity contribution in [1.29, 1.82) is 0 Å². The van der Waals surface area contributed by atoms with Gasteiger partial charge in [-0.2, -0.15) is 0 Å². The lowest BCUT2D eigenvalue weighted by Crippen LogP contribution is -2.08. The van der Waals surface area contributed by atoms with Crippen molar-refractivity contribution in [1.82, 2.24) is 4.57 Å². The second kappa shape index (κ2) is 5.73. The Bertz CT molecular complexity index is 710. The number of fused-ring (bicyclic) bond motifs is 1. The fourth-order valence-electron chi connectivity index (χ4n) is 2.01. The van der Waals surface area contributed by atoms with Crippen LogP contribution in [0.1, 0.15) is 36.0 Å². The van der Waals surface area contributed by atoms with Gasteiger partial charge in [-0.05, 0) is 31.0 Å². The summed E-state index contributed by atoms with van der Waals surface area (Å²) in [7, 11) is 1.60. The van der Waals surface area contributed by atoms with E-state index in [0.717, 1.165) is 0 Å². The van der Waals surface area contributed by atoms with Crippen LogP contribution in [0.5, 0.6) is 0 Å². The SMILES string of the molecule is Cn1c(=O)oc2cc(C(=O)CCCCC(=O)O)ccc21. The predicted molar refractivity (Wildman–Crippen MR) is 71.9 cm³/mol. The first kappa shape index (κ1) is 14.0. The molecule has 0 aliphatic rings. The summed E-state index contributed by atoms with van der Waals surface area (Å²) in [6, 6.07) is 4.87. The van der Waals surface area contributed by atoms with Crippen LogP contribution in [0.2, 0.25) is 0 Å². The number of rotatable bonds is 6. The molecule has 1 aromatic carbocycles. The molecule has 1 N–H and O–H groups in total. The highest BCUT2D eigenvalue weighted by Gasteiger charge is 2.11. The van der Waals surface area contributed by atoms with Crippen molar-refractivity contribution >= 4 is 22.9 Å². The molecule has 0 fully saturated rings. The van der Waals surface area contributed by atoms with Crippen LogP contribution >= 0.6 is 0 Å². The van der Waals surface area contributed by atoms with Gasteiger partial charge in [0.25, 0.3) is 0 Å². The summed E-state index contributed by atoms with van der Waals surface area (Å²) in [5, 5.41) is 8.51. The maximum absolute atomic E-state index is 12.0. The third kappa shape index (κ3) is 2.96. The first-order chi connectivity index (χ1) is 9.49. The van der Waals surface area contributed by atoms with Crippen molar-refractivity contribution in [3.63, 3.8) is 0 Å². The van der Waals surface area contributed by atoms with Crippen molar-refractivity contribution in [3.05, 3.63) is 34.3 Å². The van der Waals surface area contributed by atoms with Gasteiger partial charge < -0.3 is 9.52 Å². The number of Topliss-reactive ketones (excluding diaryl/α,β-unsaturated/α-hetero) is 1. The number of unbranched alkanes of at least 4 members (excludes halogenated alkanes) is 1. The first-order valence-corrected chi connectivity index (χ1v) is 6.33. The maximum atomic E-state index is 12.0. The molecule has 0 amide bonds. The molecule has 0 spiro atoms. The molecule has 0 atom stereocenters. The van der Waals surface area contributed by atoms with Crippen molar-refractivity contribution in [2.75, 3.05) is 0 Å². The van der Waals surface area contributed by atoms with Crippen LogP contribution in [0.15, 0.2) is 27.4 Å². The van der Waals surface area contributed by atoms with E-state index in [1.165, 1.54) is 4.57 Å². The Morgan fingerprint density at radius 3 is 2.65 bits per heavy atom. The largest absolute Gasteiger partial charge is 0.481 e. The average Bonchev–Trinajstić information content (AvgIpc) is 2.69.